The van der Waals surface area contributed by atoms with Crippen molar-refractivity contribution >= 4 is 23.2 Å². The van der Waals surface area contributed by atoms with Gasteiger partial charge in [-0.2, -0.15) is 5.10 Å². The van der Waals surface area contributed by atoms with E-state index in [2.05, 4.69) is 10.4 Å². The van der Waals surface area contributed by atoms with Gasteiger partial charge in [0.2, 0.25) is 5.91 Å². The molecule has 0 spiro atoms. The maximum atomic E-state index is 13.8. The van der Waals surface area contributed by atoms with Crippen LogP contribution in [0.5, 0.6) is 0 Å². The van der Waals surface area contributed by atoms with Crippen LogP contribution in [-0.2, 0) is 30.9 Å². The van der Waals surface area contributed by atoms with E-state index in [1.165, 1.54) is 12.1 Å². The second-order valence-electron chi connectivity index (χ2n) is 5.98. The van der Waals surface area contributed by atoms with E-state index in [4.69, 9.17) is 11.6 Å². The Labute approximate surface area is 150 Å². The Morgan fingerprint density at radius 1 is 1.48 bits per heavy atom. The molecule has 0 radical (unpaired) electrons. The average molecular weight is 367 g/mol. The highest BCUT2D eigenvalue weighted by Gasteiger charge is 2.25. The van der Waals surface area contributed by atoms with Crippen molar-refractivity contribution in [2.75, 3.05) is 18.4 Å². The molecule has 1 aromatic heterocycles. The number of hydrogen-bond acceptors (Lipinski definition) is 4. The van der Waals surface area contributed by atoms with Gasteiger partial charge in [-0.15, -0.1) is 0 Å². The highest BCUT2D eigenvalue weighted by atomic mass is 35.5. The van der Waals surface area contributed by atoms with Crippen LogP contribution >= 0.6 is 11.6 Å². The van der Waals surface area contributed by atoms with Crippen LogP contribution in [0.4, 0.5) is 10.1 Å². The van der Waals surface area contributed by atoms with Crippen molar-refractivity contribution in [2.45, 2.75) is 33.0 Å². The van der Waals surface area contributed by atoms with Gasteiger partial charge in [-0.3, -0.25) is 14.4 Å². The molecule has 1 aromatic carbocycles. The molecule has 134 valence electrons. The van der Waals surface area contributed by atoms with Crippen molar-refractivity contribution in [1.82, 2.24) is 14.7 Å². The first-order chi connectivity index (χ1) is 12.0. The number of amides is 1. The van der Waals surface area contributed by atoms with Crippen LogP contribution in [0.15, 0.2) is 18.2 Å². The fraction of sp³-hybridized carbons (Fsp3) is 0.412. The zero-order chi connectivity index (χ0) is 18.0. The number of carbonyl (C=O) groups excluding carboxylic acids is 1. The minimum atomic E-state index is -0.562. The first kappa shape index (κ1) is 17.8. The summed E-state index contributed by atoms with van der Waals surface area (Å²) in [5.74, 6) is -0.855. The summed E-state index contributed by atoms with van der Waals surface area (Å²) < 4.78 is 15.7. The number of aliphatic hydroxyl groups excluding tert-OH is 1. The fourth-order valence-corrected chi connectivity index (χ4v) is 3.28. The van der Waals surface area contributed by atoms with Crippen molar-refractivity contribution in [2.24, 2.45) is 0 Å². The second kappa shape index (κ2) is 7.51. The maximum absolute atomic E-state index is 13.8. The number of rotatable bonds is 5. The normalized spacial score (nSPS) is 14.4. The largest absolute Gasteiger partial charge is 0.390 e. The van der Waals surface area contributed by atoms with Gasteiger partial charge in [-0.05, 0) is 25.1 Å². The molecule has 2 heterocycles. The quantitative estimate of drug-likeness (QED) is 0.851. The van der Waals surface area contributed by atoms with E-state index in [9.17, 15) is 14.3 Å². The van der Waals surface area contributed by atoms with Gasteiger partial charge < -0.3 is 10.4 Å². The van der Waals surface area contributed by atoms with Gasteiger partial charge in [0, 0.05) is 42.3 Å². The van der Waals surface area contributed by atoms with Crippen LogP contribution in [0.25, 0.3) is 0 Å². The predicted octanol–water partition coefficient (Wildman–Crippen LogP) is 2.18. The number of aryl methyl sites for hydroxylation is 1. The lowest BCUT2D eigenvalue weighted by Crippen LogP contribution is -2.37. The molecule has 0 bridgehead atoms. The number of aromatic nitrogens is 2. The lowest BCUT2D eigenvalue weighted by atomic mass is 10.1. The average Bonchev–Trinajstić information content (AvgIpc) is 2.94. The Kier molecular flexibility index (Phi) is 5.36. The summed E-state index contributed by atoms with van der Waals surface area (Å²) in [7, 11) is 0. The Balaban J connectivity index is 1.66. The van der Waals surface area contributed by atoms with E-state index in [-0.39, 0.29) is 29.8 Å². The number of halogens is 2. The van der Waals surface area contributed by atoms with Crippen molar-refractivity contribution in [1.29, 1.82) is 0 Å². The van der Waals surface area contributed by atoms with E-state index in [0.717, 1.165) is 30.3 Å². The zero-order valence-corrected chi connectivity index (χ0v) is 14.7. The molecule has 2 aromatic rings. The number of aliphatic hydroxyl groups is 1. The molecule has 0 unspecified atom stereocenters. The third-order valence-corrected chi connectivity index (χ3v) is 4.55. The molecular formula is C17H20ClFN4O2. The van der Waals surface area contributed by atoms with Crippen LogP contribution in [-0.4, -0.2) is 38.8 Å². The molecule has 3 rings (SSSR count). The standard InChI is InChI=1S/C17H20ClFN4O2/c1-2-23-16-5-6-22(8-12(16)15(10-24)21-23)9-17(25)20-14-4-3-11(18)7-13(14)19/h3-4,7,24H,2,5-6,8-10H2,1H3,(H,20,25). The summed E-state index contributed by atoms with van der Waals surface area (Å²) in [6.45, 7) is 4.03. The van der Waals surface area contributed by atoms with E-state index >= 15 is 0 Å². The molecule has 0 aliphatic carbocycles. The molecule has 1 aliphatic heterocycles. The molecule has 2 N–H and O–H groups in total. The third kappa shape index (κ3) is 3.84. The van der Waals surface area contributed by atoms with Crippen molar-refractivity contribution < 1.29 is 14.3 Å². The maximum Gasteiger partial charge on any atom is 0.238 e. The molecule has 8 heteroatoms. The van der Waals surface area contributed by atoms with E-state index in [1.807, 2.05) is 16.5 Å². The molecular weight excluding hydrogens is 347 g/mol. The highest BCUT2D eigenvalue weighted by Crippen LogP contribution is 2.23. The molecule has 0 saturated carbocycles. The van der Waals surface area contributed by atoms with Crippen LogP contribution in [0, 0.1) is 5.82 Å². The summed E-state index contributed by atoms with van der Waals surface area (Å²) in [6, 6.07) is 4.14. The molecule has 0 atom stereocenters. The Bertz CT molecular complexity index is 793. The minimum absolute atomic E-state index is 0.113. The van der Waals surface area contributed by atoms with Gasteiger partial charge in [0.15, 0.2) is 0 Å². The SMILES string of the molecule is CCn1nc(CO)c2c1CCN(CC(=O)Nc1ccc(Cl)cc1F)C2. The number of anilines is 1. The number of fused-ring (bicyclic) bond motifs is 1. The predicted molar refractivity (Wildman–Crippen MR) is 92.8 cm³/mol. The van der Waals surface area contributed by atoms with Gasteiger partial charge in [0.1, 0.15) is 5.82 Å². The molecule has 25 heavy (non-hydrogen) atoms. The Morgan fingerprint density at radius 3 is 2.96 bits per heavy atom. The minimum Gasteiger partial charge on any atom is -0.390 e. The summed E-state index contributed by atoms with van der Waals surface area (Å²) in [5, 5.41) is 16.7. The van der Waals surface area contributed by atoms with Gasteiger partial charge in [0.05, 0.1) is 24.5 Å². The third-order valence-electron chi connectivity index (χ3n) is 4.32. The Hall–Kier alpha value is -1.96. The number of nitrogens with zero attached hydrogens (tertiary/aromatic N) is 3. The summed E-state index contributed by atoms with van der Waals surface area (Å²) in [6.07, 6.45) is 0.763. The summed E-state index contributed by atoms with van der Waals surface area (Å²) in [5.41, 5.74) is 2.88. The van der Waals surface area contributed by atoms with Crippen LogP contribution < -0.4 is 5.32 Å². The Morgan fingerprint density at radius 2 is 2.28 bits per heavy atom. The molecule has 6 nitrogen and oxygen atoms in total. The molecule has 0 saturated heterocycles. The number of nitrogens with one attached hydrogen (secondary N) is 1. The molecule has 1 aliphatic rings. The van der Waals surface area contributed by atoms with Gasteiger partial charge in [-0.1, -0.05) is 11.6 Å². The fourth-order valence-electron chi connectivity index (χ4n) is 3.13. The van der Waals surface area contributed by atoms with Crippen molar-refractivity contribution in [3.05, 3.63) is 46.0 Å². The highest BCUT2D eigenvalue weighted by molar-refractivity contribution is 6.30. The number of hydrogen-bond donors (Lipinski definition) is 2. The van der Waals surface area contributed by atoms with Gasteiger partial charge >= 0.3 is 0 Å². The number of carbonyl (C=O) groups is 1. The topological polar surface area (TPSA) is 70.4 Å². The van der Waals surface area contributed by atoms with Crippen LogP contribution in [0.3, 0.4) is 0 Å². The first-order valence-corrected chi connectivity index (χ1v) is 8.55. The van der Waals surface area contributed by atoms with Gasteiger partial charge in [0.25, 0.3) is 0 Å². The monoisotopic (exact) mass is 366 g/mol. The van der Waals surface area contributed by atoms with Crippen molar-refractivity contribution in [3.63, 3.8) is 0 Å². The second-order valence-corrected chi connectivity index (χ2v) is 6.42. The molecule has 1 amide bonds. The van der Waals surface area contributed by atoms with Crippen LogP contribution in [0.2, 0.25) is 5.02 Å². The van der Waals surface area contributed by atoms with Crippen LogP contribution in [0.1, 0.15) is 23.9 Å². The molecule has 0 fully saturated rings. The lowest BCUT2D eigenvalue weighted by molar-refractivity contribution is -0.117. The van der Waals surface area contributed by atoms with E-state index in [1.54, 1.807) is 0 Å². The summed E-state index contributed by atoms with van der Waals surface area (Å²) >= 11 is 5.71. The number of benzene rings is 1. The van der Waals surface area contributed by atoms with Crippen molar-refractivity contribution in [3.8, 4) is 0 Å². The smallest absolute Gasteiger partial charge is 0.238 e. The lowest BCUT2D eigenvalue weighted by Gasteiger charge is -2.27. The van der Waals surface area contributed by atoms with E-state index in [0.29, 0.717) is 18.8 Å². The zero-order valence-electron chi connectivity index (χ0n) is 13.9. The van der Waals surface area contributed by atoms with E-state index < -0.39 is 5.82 Å². The van der Waals surface area contributed by atoms with Gasteiger partial charge in [-0.25, -0.2) is 4.39 Å². The summed E-state index contributed by atoms with van der Waals surface area (Å²) in [4.78, 5) is 14.2. The first-order valence-electron chi connectivity index (χ1n) is 8.17.